The van der Waals surface area contributed by atoms with Crippen molar-refractivity contribution in [3.63, 3.8) is 0 Å². The Labute approximate surface area is 158 Å². The van der Waals surface area contributed by atoms with Gasteiger partial charge >= 0.3 is 21.5 Å². The summed E-state index contributed by atoms with van der Waals surface area (Å²) in [5, 5.41) is 10.2. The van der Waals surface area contributed by atoms with Crippen molar-refractivity contribution in [2.24, 2.45) is 0 Å². The molecule has 148 valence electrons. The first-order valence-corrected chi connectivity index (χ1v) is 9.42. The summed E-state index contributed by atoms with van der Waals surface area (Å²) in [7, 11) is -4.67. The number of carboxylic acids is 1. The van der Waals surface area contributed by atoms with Crippen molar-refractivity contribution in [1.82, 2.24) is 4.57 Å². The second-order valence-electron chi connectivity index (χ2n) is 6.06. The van der Waals surface area contributed by atoms with Crippen molar-refractivity contribution in [1.29, 1.82) is 0 Å². The van der Waals surface area contributed by atoms with E-state index in [0.29, 0.717) is 11.1 Å². The van der Waals surface area contributed by atoms with Crippen LogP contribution in [0.4, 0.5) is 18.9 Å². The van der Waals surface area contributed by atoms with Crippen LogP contribution in [0.5, 0.6) is 0 Å². The van der Waals surface area contributed by atoms with E-state index in [1.807, 2.05) is 0 Å². The van der Waals surface area contributed by atoms with E-state index >= 15 is 0 Å². The van der Waals surface area contributed by atoms with Crippen molar-refractivity contribution in [2.75, 3.05) is 11.4 Å². The Morgan fingerprint density at radius 1 is 1.11 bits per heavy atom. The van der Waals surface area contributed by atoms with Crippen molar-refractivity contribution in [2.45, 2.75) is 12.1 Å². The molecule has 0 saturated carbocycles. The SMILES string of the molecule is CN(c1ccc(Cn2c(C(=O)O)cc3ccccc32)cc1)S(=O)(=O)C(F)(F)F. The minimum absolute atomic E-state index is 0.0713. The molecule has 0 unspecified atom stereocenters. The molecule has 2 aromatic carbocycles. The molecule has 1 heterocycles. The molecular formula is C18H15F3N2O4S. The van der Waals surface area contributed by atoms with Gasteiger partial charge in [0.2, 0.25) is 0 Å². The van der Waals surface area contributed by atoms with Gasteiger partial charge in [0.1, 0.15) is 5.69 Å². The number of hydrogen-bond acceptors (Lipinski definition) is 3. The number of alkyl halides is 3. The number of anilines is 1. The van der Waals surface area contributed by atoms with Crippen molar-refractivity contribution >= 4 is 32.6 Å². The van der Waals surface area contributed by atoms with Gasteiger partial charge in [-0.05, 0) is 29.8 Å². The second kappa shape index (κ2) is 6.86. The highest BCUT2D eigenvalue weighted by Crippen LogP contribution is 2.30. The van der Waals surface area contributed by atoms with E-state index in [1.165, 1.54) is 30.3 Å². The standard InChI is InChI=1S/C18H15F3N2O4S/c1-22(28(26,27)18(19,20)21)14-8-6-12(7-9-14)11-23-15-5-3-2-4-13(15)10-16(23)17(24)25/h2-10H,11H2,1H3,(H,24,25). The molecule has 0 amide bonds. The van der Waals surface area contributed by atoms with E-state index in [-0.39, 0.29) is 22.2 Å². The van der Waals surface area contributed by atoms with Gasteiger partial charge in [-0.2, -0.15) is 21.6 Å². The Kier molecular flexibility index (Phi) is 4.84. The first-order valence-electron chi connectivity index (χ1n) is 7.98. The van der Waals surface area contributed by atoms with Crippen molar-refractivity contribution in [3.05, 3.63) is 65.9 Å². The van der Waals surface area contributed by atoms with Gasteiger partial charge < -0.3 is 9.67 Å². The smallest absolute Gasteiger partial charge is 0.477 e. The van der Waals surface area contributed by atoms with Crippen LogP contribution in [0.3, 0.4) is 0 Å². The number of aromatic carboxylic acids is 1. The van der Waals surface area contributed by atoms with Gasteiger partial charge in [-0.25, -0.2) is 4.79 Å². The van der Waals surface area contributed by atoms with Gasteiger partial charge in [0.25, 0.3) is 0 Å². The zero-order valence-electron chi connectivity index (χ0n) is 14.5. The molecule has 3 aromatic rings. The lowest BCUT2D eigenvalue weighted by molar-refractivity contribution is -0.0437. The maximum Gasteiger partial charge on any atom is 0.516 e. The van der Waals surface area contributed by atoms with Crippen LogP contribution in [0.25, 0.3) is 10.9 Å². The maximum atomic E-state index is 12.7. The molecule has 0 aliphatic heterocycles. The Morgan fingerprint density at radius 2 is 1.71 bits per heavy atom. The molecule has 10 heteroatoms. The minimum Gasteiger partial charge on any atom is -0.477 e. The monoisotopic (exact) mass is 412 g/mol. The number of fused-ring (bicyclic) bond motifs is 1. The lowest BCUT2D eigenvalue weighted by atomic mass is 10.2. The normalized spacial score (nSPS) is 12.3. The molecule has 0 saturated heterocycles. The van der Waals surface area contributed by atoms with Gasteiger partial charge in [-0.1, -0.05) is 30.3 Å². The number of benzene rings is 2. The van der Waals surface area contributed by atoms with Gasteiger partial charge in [-0.3, -0.25) is 4.31 Å². The van der Waals surface area contributed by atoms with E-state index in [9.17, 15) is 31.5 Å². The first-order chi connectivity index (χ1) is 13.0. The summed E-state index contributed by atoms with van der Waals surface area (Å²) in [6.45, 7) is 0.158. The highest BCUT2D eigenvalue weighted by Gasteiger charge is 2.49. The minimum atomic E-state index is -5.49. The van der Waals surface area contributed by atoms with Crippen LogP contribution in [0.1, 0.15) is 16.1 Å². The lowest BCUT2D eigenvalue weighted by Gasteiger charge is -2.21. The number of para-hydroxylation sites is 1. The van der Waals surface area contributed by atoms with Crippen LogP contribution in [-0.2, 0) is 16.6 Å². The summed E-state index contributed by atoms with van der Waals surface area (Å²) in [5.41, 5.74) is -4.19. The summed E-state index contributed by atoms with van der Waals surface area (Å²) in [6.07, 6.45) is 0. The fourth-order valence-electron chi connectivity index (χ4n) is 2.85. The molecule has 0 aliphatic rings. The van der Waals surface area contributed by atoms with Crippen LogP contribution in [0, 0.1) is 0 Å². The number of carbonyl (C=O) groups is 1. The topological polar surface area (TPSA) is 79.6 Å². The molecule has 0 fully saturated rings. The van der Waals surface area contributed by atoms with E-state index in [1.54, 1.807) is 28.8 Å². The van der Waals surface area contributed by atoms with Crippen LogP contribution >= 0.6 is 0 Å². The number of sulfonamides is 1. The Bertz CT molecular complexity index is 1140. The largest absolute Gasteiger partial charge is 0.516 e. The molecule has 1 aromatic heterocycles. The van der Waals surface area contributed by atoms with E-state index in [0.717, 1.165) is 12.4 Å². The summed E-state index contributed by atoms with van der Waals surface area (Å²) < 4.78 is 62.8. The third-order valence-electron chi connectivity index (χ3n) is 4.32. The predicted molar refractivity (Wildman–Crippen MR) is 97.8 cm³/mol. The molecule has 0 aliphatic carbocycles. The number of nitrogens with zero attached hydrogens (tertiary/aromatic N) is 2. The van der Waals surface area contributed by atoms with Crippen LogP contribution in [0.15, 0.2) is 54.6 Å². The Balaban J connectivity index is 1.93. The average molecular weight is 412 g/mol. The molecule has 1 N–H and O–H groups in total. The van der Waals surface area contributed by atoms with Gasteiger partial charge in [0, 0.05) is 24.5 Å². The first kappa shape index (κ1) is 19.7. The van der Waals surface area contributed by atoms with Crippen LogP contribution in [0.2, 0.25) is 0 Å². The van der Waals surface area contributed by atoms with E-state index in [2.05, 4.69) is 0 Å². The number of carboxylic acid groups (broad SMARTS) is 1. The summed E-state index contributed by atoms with van der Waals surface area (Å²) >= 11 is 0. The molecular weight excluding hydrogens is 397 g/mol. The van der Waals surface area contributed by atoms with Gasteiger partial charge in [0.05, 0.1) is 5.69 Å². The van der Waals surface area contributed by atoms with Crippen LogP contribution in [-0.4, -0.2) is 36.6 Å². The highest BCUT2D eigenvalue weighted by atomic mass is 32.2. The van der Waals surface area contributed by atoms with E-state index in [4.69, 9.17) is 0 Å². The van der Waals surface area contributed by atoms with Gasteiger partial charge in [0.15, 0.2) is 0 Å². The van der Waals surface area contributed by atoms with Crippen LogP contribution < -0.4 is 4.31 Å². The molecule has 6 nitrogen and oxygen atoms in total. The number of halogens is 3. The number of rotatable bonds is 5. The molecule has 0 atom stereocenters. The molecule has 0 radical (unpaired) electrons. The Morgan fingerprint density at radius 3 is 2.29 bits per heavy atom. The second-order valence-corrected chi connectivity index (χ2v) is 8.03. The predicted octanol–water partition coefficient (Wildman–Crippen LogP) is 3.67. The quantitative estimate of drug-likeness (QED) is 0.694. The number of aromatic nitrogens is 1. The summed E-state index contributed by atoms with van der Waals surface area (Å²) in [5.74, 6) is -1.11. The lowest BCUT2D eigenvalue weighted by Crippen LogP contribution is -2.38. The van der Waals surface area contributed by atoms with Crippen molar-refractivity contribution < 1.29 is 31.5 Å². The van der Waals surface area contributed by atoms with Crippen molar-refractivity contribution in [3.8, 4) is 0 Å². The van der Waals surface area contributed by atoms with E-state index < -0.39 is 21.5 Å². The third-order valence-corrected chi connectivity index (χ3v) is 5.84. The molecule has 0 spiro atoms. The van der Waals surface area contributed by atoms with Gasteiger partial charge in [-0.15, -0.1) is 0 Å². The zero-order chi connectivity index (χ0) is 20.7. The fourth-order valence-corrected chi connectivity index (χ4v) is 3.56. The zero-order valence-corrected chi connectivity index (χ0v) is 15.3. The maximum absolute atomic E-state index is 12.7. The highest BCUT2D eigenvalue weighted by molar-refractivity contribution is 7.93. The fraction of sp³-hybridized carbons (Fsp3) is 0.167. The summed E-state index contributed by atoms with van der Waals surface area (Å²) in [4.78, 5) is 11.5. The Hall–Kier alpha value is -3.01. The summed E-state index contributed by atoms with van der Waals surface area (Å²) in [6, 6.07) is 14.0. The average Bonchev–Trinajstić information content (AvgIpc) is 3.00. The molecule has 3 rings (SSSR count). The third kappa shape index (κ3) is 3.42. The molecule has 0 bridgehead atoms. The molecule has 28 heavy (non-hydrogen) atoms. The number of hydrogen-bond donors (Lipinski definition) is 1.